The summed E-state index contributed by atoms with van der Waals surface area (Å²) in [7, 11) is -2.31. The second kappa shape index (κ2) is 11.2. The van der Waals surface area contributed by atoms with E-state index in [2.05, 4.69) is 10.5 Å². The number of ether oxygens (including phenoxy) is 1. The SMILES string of the molecule is CN(c1ccc(C(=O)NN=Cc2cc([N+](=O)[O-])ccc2N2CCOCC2)cc1)S(=O)(=O)c1ccccc1. The molecule has 0 spiro atoms. The first-order chi connectivity index (χ1) is 17.8. The monoisotopic (exact) mass is 523 g/mol. The van der Waals surface area contributed by atoms with Gasteiger partial charge in [-0.1, -0.05) is 18.2 Å². The maximum absolute atomic E-state index is 12.8. The highest BCUT2D eigenvalue weighted by molar-refractivity contribution is 7.92. The number of hydrazone groups is 1. The number of rotatable bonds is 8. The first-order valence-electron chi connectivity index (χ1n) is 11.4. The maximum Gasteiger partial charge on any atom is 0.271 e. The molecule has 1 aliphatic heterocycles. The van der Waals surface area contributed by atoms with Gasteiger partial charge in [0, 0.05) is 49.1 Å². The molecule has 11 nitrogen and oxygen atoms in total. The van der Waals surface area contributed by atoms with Gasteiger partial charge in [-0.25, -0.2) is 13.8 Å². The van der Waals surface area contributed by atoms with Crippen LogP contribution in [0.4, 0.5) is 17.1 Å². The molecule has 12 heteroatoms. The molecule has 0 aliphatic carbocycles. The Balaban J connectivity index is 1.47. The van der Waals surface area contributed by atoms with Gasteiger partial charge in [0.1, 0.15) is 0 Å². The van der Waals surface area contributed by atoms with Gasteiger partial charge in [-0.15, -0.1) is 0 Å². The molecule has 0 atom stereocenters. The number of nitro benzene ring substituents is 1. The van der Waals surface area contributed by atoms with E-state index < -0.39 is 20.9 Å². The molecule has 1 amide bonds. The van der Waals surface area contributed by atoms with Crippen LogP contribution in [0.15, 0.2) is 82.8 Å². The van der Waals surface area contributed by atoms with Crippen molar-refractivity contribution in [3.8, 4) is 0 Å². The largest absolute Gasteiger partial charge is 0.378 e. The molecule has 192 valence electrons. The number of hydrogen-bond donors (Lipinski definition) is 1. The van der Waals surface area contributed by atoms with E-state index in [-0.39, 0.29) is 16.1 Å². The predicted molar refractivity (Wildman–Crippen MR) is 140 cm³/mol. The fourth-order valence-corrected chi connectivity index (χ4v) is 5.00. The number of nitro groups is 1. The fourth-order valence-electron chi connectivity index (χ4n) is 3.79. The van der Waals surface area contributed by atoms with Gasteiger partial charge in [0.05, 0.1) is 34.9 Å². The smallest absolute Gasteiger partial charge is 0.271 e. The molecule has 0 unspecified atom stereocenters. The van der Waals surface area contributed by atoms with E-state index in [1.165, 1.54) is 61.8 Å². The number of hydrogen-bond acceptors (Lipinski definition) is 8. The standard InChI is InChI=1S/C25H25N5O6S/c1-28(37(34,35)23-5-3-2-4-6-23)21-9-7-19(8-10-21)25(31)27-26-18-20-17-22(30(32)33)11-12-24(20)29-13-15-36-16-14-29/h2-12,17-18H,13-16H2,1H3,(H,27,31). The Labute approximate surface area is 214 Å². The number of sulfonamides is 1. The van der Waals surface area contributed by atoms with Crippen LogP contribution in [-0.2, 0) is 14.8 Å². The van der Waals surface area contributed by atoms with E-state index in [0.29, 0.717) is 37.6 Å². The summed E-state index contributed by atoms with van der Waals surface area (Å²) in [6.07, 6.45) is 1.37. The lowest BCUT2D eigenvalue weighted by atomic mass is 10.1. The topological polar surface area (TPSA) is 134 Å². The van der Waals surface area contributed by atoms with Crippen LogP contribution in [0.5, 0.6) is 0 Å². The normalized spacial score (nSPS) is 13.9. The molecule has 0 aromatic heterocycles. The number of morpholine rings is 1. The second-order valence-electron chi connectivity index (χ2n) is 8.13. The summed E-state index contributed by atoms with van der Waals surface area (Å²) in [6, 6.07) is 18.6. The molecule has 1 aliphatic rings. The Morgan fingerprint density at radius 2 is 1.76 bits per heavy atom. The molecule has 37 heavy (non-hydrogen) atoms. The lowest BCUT2D eigenvalue weighted by molar-refractivity contribution is -0.384. The van der Waals surface area contributed by atoms with Crippen molar-refractivity contribution in [3.63, 3.8) is 0 Å². The third-order valence-electron chi connectivity index (χ3n) is 5.84. The molecular formula is C25H25N5O6S. The van der Waals surface area contributed by atoms with E-state index in [9.17, 15) is 23.3 Å². The van der Waals surface area contributed by atoms with Gasteiger partial charge in [-0.3, -0.25) is 19.2 Å². The number of carbonyl (C=O) groups excluding carboxylic acids is 1. The van der Waals surface area contributed by atoms with Gasteiger partial charge in [0.15, 0.2) is 0 Å². The molecule has 1 N–H and O–H groups in total. The molecule has 0 bridgehead atoms. The van der Waals surface area contributed by atoms with Crippen molar-refractivity contribution in [1.82, 2.24) is 5.43 Å². The lowest BCUT2D eigenvalue weighted by Crippen LogP contribution is -2.36. The first-order valence-corrected chi connectivity index (χ1v) is 12.8. The molecular weight excluding hydrogens is 498 g/mol. The van der Waals surface area contributed by atoms with Gasteiger partial charge in [-0.05, 0) is 42.5 Å². The van der Waals surface area contributed by atoms with Gasteiger partial charge < -0.3 is 9.64 Å². The third-order valence-corrected chi connectivity index (χ3v) is 7.64. The van der Waals surface area contributed by atoms with E-state index in [4.69, 9.17) is 4.74 Å². The van der Waals surface area contributed by atoms with Gasteiger partial charge in [0.2, 0.25) is 0 Å². The molecule has 4 rings (SSSR count). The highest BCUT2D eigenvalue weighted by Gasteiger charge is 2.21. The van der Waals surface area contributed by atoms with Crippen molar-refractivity contribution >= 4 is 39.2 Å². The predicted octanol–water partition coefficient (Wildman–Crippen LogP) is 3.02. The Bertz CT molecular complexity index is 1410. The minimum absolute atomic E-state index is 0.0880. The number of nitrogens with one attached hydrogen (secondary N) is 1. The summed E-state index contributed by atoms with van der Waals surface area (Å²) in [4.78, 5) is 25.6. The van der Waals surface area contributed by atoms with Crippen molar-refractivity contribution < 1.29 is 22.9 Å². The van der Waals surface area contributed by atoms with Crippen molar-refractivity contribution in [2.24, 2.45) is 5.10 Å². The quantitative estimate of drug-likeness (QED) is 0.272. The molecule has 1 heterocycles. The summed E-state index contributed by atoms with van der Waals surface area (Å²) >= 11 is 0. The number of benzene rings is 3. The van der Waals surface area contributed by atoms with E-state index in [1.807, 2.05) is 4.90 Å². The van der Waals surface area contributed by atoms with Crippen LogP contribution in [0.2, 0.25) is 0 Å². The summed E-state index contributed by atoms with van der Waals surface area (Å²) in [5.74, 6) is -0.519. The average Bonchev–Trinajstić information content (AvgIpc) is 2.93. The van der Waals surface area contributed by atoms with Crippen LogP contribution in [0.3, 0.4) is 0 Å². The Morgan fingerprint density at radius 3 is 2.41 bits per heavy atom. The summed E-state index contributed by atoms with van der Waals surface area (Å²) in [5, 5.41) is 15.2. The maximum atomic E-state index is 12.8. The van der Waals surface area contributed by atoms with Crippen LogP contribution in [-0.4, -0.2) is 58.8 Å². The second-order valence-corrected chi connectivity index (χ2v) is 10.1. The van der Waals surface area contributed by atoms with Crippen molar-refractivity contribution in [2.75, 3.05) is 42.6 Å². The van der Waals surface area contributed by atoms with E-state index >= 15 is 0 Å². The number of nitrogens with zero attached hydrogens (tertiary/aromatic N) is 4. The Hall–Kier alpha value is -4.29. The summed E-state index contributed by atoms with van der Waals surface area (Å²) in [5.41, 5.74) is 4.21. The highest BCUT2D eigenvalue weighted by atomic mass is 32.2. The van der Waals surface area contributed by atoms with Crippen molar-refractivity contribution in [1.29, 1.82) is 0 Å². The Kier molecular flexibility index (Phi) is 7.80. The number of non-ortho nitro benzene ring substituents is 1. The van der Waals surface area contributed by atoms with Crippen LogP contribution in [0.1, 0.15) is 15.9 Å². The fraction of sp³-hybridized carbons (Fsp3) is 0.200. The zero-order chi connectivity index (χ0) is 26.4. The molecule has 0 radical (unpaired) electrons. The van der Waals surface area contributed by atoms with Crippen LogP contribution >= 0.6 is 0 Å². The van der Waals surface area contributed by atoms with Gasteiger partial charge in [-0.2, -0.15) is 5.10 Å². The van der Waals surface area contributed by atoms with Crippen LogP contribution in [0.25, 0.3) is 0 Å². The van der Waals surface area contributed by atoms with Gasteiger partial charge in [0.25, 0.3) is 21.6 Å². The lowest BCUT2D eigenvalue weighted by Gasteiger charge is -2.29. The Morgan fingerprint density at radius 1 is 1.08 bits per heavy atom. The average molecular weight is 524 g/mol. The molecule has 3 aromatic rings. The molecule has 1 fully saturated rings. The minimum Gasteiger partial charge on any atom is -0.378 e. The van der Waals surface area contributed by atoms with Crippen LogP contribution < -0.4 is 14.6 Å². The molecule has 0 saturated carbocycles. The van der Waals surface area contributed by atoms with E-state index in [0.717, 1.165) is 9.99 Å². The van der Waals surface area contributed by atoms with Crippen molar-refractivity contribution in [2.45, 2.75) is 4.90 Å². The zero-order valence-electron chi connectivity index (χ0n) is 20.0. The van der Waals surface area contributed by atoms with E-state index in [1.54, 1.807) is 24.3 Å². The highest BCUT2D eigenvalue weighted by Crippen LogP contribution is 2.25. The number of anilines is 2. The molecule has 1 saturated heterocycles. The van der Waals surface area contributed by atoms with Crippen LogP contribution in [0, 0.1) is 10.1 Å². The third kappa shape index (κ3) is 5.93. The van der Waals surface area contributed by atoms with Gasteiger partial charge >= 0.3 is 0 Å². The van der Waals surface area contributed by atoms with Crippen molar-refractivity contribution in [3.05, 3.63) is 94.0 Å². The summed E-state index contributed by atoms with van der Waals surface area (Å²) < 4.78 is 32.1. The number of amides is 1. The minimum atomic E-state index is -3.74. The zero-order valence-corrected chi connectivity index (χ0v) is 20.8. The molecule has 3 aromatic carbocycles. The summed E-state index contributed by atoms with van der Waals surface area (Å²) in [6.45, 7) is 2.35. The first kappa shape index (κ1) is 25.8. The number of carbonyl (C=O) groups is 1.